The van der Waals surface area contributed by atoms with Gasteiger partial charge in [-0.3, -0.25) is 9.59 Å². The van der Waals surface area contributed by atoms with E-state index in [9.17, 15) is 9.59 Å². The zero-order valence-corrected chi connectivity index (χ0v) is 8.86. The molecule has 0 saturated heterocycles. The van der Waals surface area contributed by atoms with Crippen LogP contribution in [0.4, 0.5) is 0 Å². The first-order chi connectivity index (χ1) is 7.65. The van der Waals surface area contributed by atoms with Gasteiger partial charge < -0.3 is 26.0 Å². The van der Waals surface area contributed by atoms with Gasteiger partial charge in [-0.2, -0.15) is 10.3 Å². The standard InChI is InChI=1S/2C4H6N2O2.H2O/c2*5-2-3-1-4(7)6-8-3;/h2*1H,2,5H2,(H,6,7);1H2. The zero-order valence-electron chi connectivity index (χ0n) is 8.86. The van der Waals surface area contributed by atoms with Crippen LogP contribution in [-0.4, -0.2) is 15.8 Å². The molecule has 0 bridgehead atoms. The second-order valence-electron chi connectivity index (χ2n) is 2.77. The predicted molar refractivity (Wildman–Crippen MR) is 58.1 cm³/mol. The van der Waals surface area contributed by atoms with Gasteiger partial charge in [-0.25, -0.2) is 0 Å². The van der Waals surface area contributed by atoms with Crippen LogP contribution >= 0.6 is 0 Å². The third-order valence-electron chi connectivity index (χ3n) is 1.55. The van der Waals surface area contributed by atoms with Crippen molar-refractivity contribution in [3.63, 3.8) is 0 Å². The summed E-state index contributed by atoms with van der Waals surface area (Å²) in [5, 5.41) is 4.22. The summed E-state index contributed by atoms with van der Waals surface area (Å²) in [5.74, 6) is 0.963. The van der Waals surface area contributed by atoms with E-state index >= 15 is 0 Å². The van der Waals surface area contributed by atoms with E-state index in [-0.39, 0.29) is 29.7 Å². The Bertz CT molecular complexity index is 474. The maximum Gasteiger partial charge on any atom is 0.280 e. The molecule has 0 spiro atoms. The van der Waals surface area contributed by atoms with E-state index in [1.165, 1.54) is 12.1 Å². The summed E-state index contributed by atoms with van der Waals surface area (Å²) >= 11 is 0. The lowest BCUT2D eigenvalue weighted by molar-refractivity contribution is 0.380. The number of hydrogen-bond donors (Lipinski definition) is 4. The highest BCUT2D eigenvalue weighted by atomic mass is 16.5. The maximum atomic E-state index is 10.2. The highest BCUT2D eigenvalue weighted by Crippen LogP contribution is 1.86. The van der Waals surface area contributed by atoms with Crippen molar-refractivity contribution in [3.05, 3.63) is 44.4 Å². The minimum atomic E-state index is -0.245. The number of nitrogens with one attached hydrogen (secondary N) is 2. The number of nitrogens with two attached hydrogens (primary N) is 2. The largest absolute Gasteiger partial charge is 0.412 e. The molecule has 96 valence electrons. The van der Waals surface area contributed by atoms with Crippen molar-refractivity contribution in [1.29, 1.82) is 0 Å². The number of hydrogen-bond acceptors (Lipinski definition) is 6. The van der Waals surface area contributed by atoms with Crippen LogP contribution in [0, 0.1) is 0 Å². The molecule has 0 saturated carbocycles. The molecule has 9 heteroatoms. The van der Waals surface area contributed by atoms with E-state index < -0.39 is 0 Å². The lowest BCUT2D eigenvalue weighted by atomic mass is 10.5. The molecule has 0 atom stereocenters. The monoisotopic (exact) mass is 246 g/mol. The Balaban J connectivity index is 0.000000284. The first kappa shape index (κ1) is 14.9. The maximum absolute atomic E-state index is 10.2. The highest BCUT2D eigenvalue weighted by Gasteiger charge is 1.92. The van der Waals surface area contributed by atoms with Gasteiger partial charge in [-0.05, 0) is 0 Å². The molecule has 0 aliphatic heterocycles. The van der Waals surface area contributed by atoms with E-state index in [4.69, 9.17) is 11.5 Å². The molecule has 0 amide bonds. The Morgan fingerprint density at radius 1 is 0.941 bits per heavy atom. The summed E-state index contributed by atoms with van der Waals surface area (Å²) in [6.07, 6.45) is 0. The third kappa shape index (κ3) is 4.97. The van der Waals surface area contributed by atoms with Crippen molar-refractivity contribution < 1.29 is 14.5 Å². The summed E-state index contributed by atoms with van der Waals surface area (Å²) in [6.45, 7) is 0.525. The number of rotatable bonds is 2. The normalized spacial score (nSPS) is 9.06. The molecule has 0 radical (unpaired) electrons. The van der Waals surface area contributed by atoms with E-state index in [1.54, 1.807) is 0 Å². The van der Waals surface area contributed by atoms with Gasteiger partial charge in [0.15, 0.2) is 11.5 Å². The van der Waals surface area contributed by atoms with Crippen molar-refractivity contribution in [1.82, 2.24) is 10.3 Å². The second-order valence-corrected chi connectivity index (χ2v) is 2.77. The zero-order chi connectivity index (χ0) is 12.0. The smallest absolute Gasteiger partial charge is 0.280 e. The van der Waals surface area contributed by atoms with Crippen molar-refractivity contribution >= 4 is 0 Å². The minimum Gasteiger partial charge on any atom is -0.412 e. The summed E-state index contributed by atoms with van der Waals surface area (Å²) in [7, 11) is 0. The van der Waals surface area contributed by atoms with Gasteiger partial charge in [0, 0.05) is 12.1 Å². The first-order valence-corrected chi connectivity index (χ1v) is 4.40. The van der Waals surface area contributed by atoms with Crippen LogP contribution in [0.15, 0.2) is 30.8 Å². The van der Waals surface area contributed by atoms with Crippen LogP contribution in [0.1, 0.15) is 11.5 Å². The predicted octanol–water partition coefficient (Wildman–Crippen LogP) is -1.97. The summed E-state index contributed by atoms with van der Waals surface area (Å²) in [4.78, 5) is 20.5. The lowest BCUT2D eigenvalue weighted by Crippen LogP contribution is -1.95. The van der Waals surface area contributed by atoms with E-state index in [0.717, 1.165) is 0 Å². The first-order valence-electron chi connectivity index (χ1n) is 4.40. The highest BCUT2D eigenvalue weighted by molar-refractivity contribution is 4.92. The van der Waals surface area contributed by atoms with Crippen molar-refractivity contribution in [3.8, 4) is 0 Å². The van der Waals surface area contributed by atoms with E-state index in [2.05, 4.69) is 19.4 Å². The van der Waals surface area contributed by atoms with Gasteiger partial charge in [-0.15, -0.1) is 0 Å². The minimum absolute atomic E-state index is 0. The fourth-order valence-corrected chi connectivity index (χ4v) is 0.843. The summed E-state index contributed by atoms with van der Waals surface area (Å²) in [5.41, 5.74) is 9.73. The molecule has 0 aromatic carbocycles. The molecule has 0 fully saturated rings. The van der Waals surface area contributed by atoms with Gasteiger partial charge in [0.1, 0.15) is 0 Å². The van der Waals surface area contributed by atoms with Crippen LogP contribution in [-0.2, 0) is 13.1 Å². The SMILES string of the molecule is NCc1cc(=O)[nH]o1.NCc1cc(=O)[nH]o1.O. The molecule has 9 nitrogen and oxygen atoms in total. The van der Waals surface area contributed by atoms with Gasteiger partial charge in [-0.1, -0.05) is 0 Å². The molecule has 2 aromatic heterocycles. The van der Waals surface area contributed by atoms with Crippen LogP contribution in [0.2, 0.25) is 0 Å². The topological polar surface area (TPSA) is 176 Å². The Morgan fingerprint density at radius 2 is 1.29 bits per heavy atom. The van der Waals surface area contributed by atoms with Crippen LogP contribution in [0.5, 0.6) is 0 Å². The average Bonchev–Trinajstić information content (AvgIpc) is 2.88. The van der Waals surface area contributed by atoms with Gasteiger partial charge in [0.2, 0.25) is 0 Å². The van der Waals surface area contributed by atoms with Crippen LogP contribution in [0.25, 0.3) is 0 Å². The Hall–Kier alpha value is -2.10. The van der Waals surface area contributed by atoms with Crippen molar-refractivity contribution in [2.24, 2.45) is 11.5 Å². The molecular formula is C8H14N4O5. The van der Waals surface area contributed by atoms with Gasteiger partial charge in [0.05, 0.1) is 13.1 Å². The van der Waals surface area contributed by atoms with Crippen molar-refractivity contribution in [2.45, 2.75) is 13.1 Å². The Kier molecular flexibility index (Phi) is 6.33. The van der Waals surface area contributed by atoms with Gasteiger partial charge in [0.25, 0.3) is 11.1 Å². The van der Waals surface area contributed by atoms with Crippen LogP contribution < -0.4 is 22.6 Å². The quantitative estimate of drug-likeness (QED) is 0.477. The van der Waals surface area contributed by atoms with E-state index in [0.29, 0.717) is 11.5 Å². The fraction of sp³-hybridized carbons (Fsp3) is 0.250. The van der Waals surface area contributed by atoms with Crippen LogP contribution in [0.3, 0.4) is 0 Å². The number of aromatic nitrogens is 2. The molecule has 0 aliphatic carbocycles. The van der Waals surface area contributed by atoms with E-state index in [1.807, 2.05) is 0 Å². The molecule has 2 aromatic rings. The molecule has 2 rings (SSSR count). The lowest BCUT2D eigenvalue weighted by Gasteiger charge is -1.77. The molecule has 2 heterocycles. The van der Waals surface area contributed by atoms with Crippen molar-refractivity contribution in [2.75, 3.05) is 0 Å². The summed E-state index contributed by atoms with van der Waals surface area (Å²) < 4.78 is 9.10. The Labute approximate surface area is 94.6 Å². The summed E-state index contributed by atoms with van der Waals surface area (Å²) in [6, 6.07) is 2.64. The molecular weight excluding hydrogens is 232 g/mol. The Morgan fingerprint density at radius 3 is 1.41 bits per heavy atom. The molecule has 8 N–H and O–H groups in total. The molecule has 0 unspecified atom stereocenters. The van der Waals surface area contributed by atoms with Gasteiger partial charge >= 0.3 is 0 Å². The number of H-pyrrole nitrogens is 2. The third-order valence-corrected chi connectivity index (χ3v) is 1.55. The molecule has 0 aliphatic rings. The second kappa shape index (κ2) is 7.22. The fourth-order valence-electron chi connectivity index (χ4n) is 0.843. The average molecular weight is 246 g/mol. The molecule has 17 heavy (non-hydrogen) atoms. The number of aromatic amines is 2.